The summed E-state index contributed by atoms with van der Waals surface area (Å²) in [6.45, 7) is 5.72. The molecule has 1 amide bonds. The van der Waals surface area contributed by atoms with Crippen LogP contribution in [0.2, 0.25) is 0 Å². The molecule has 0 spiro atoms. The quantitative estimate of drug-likeness (QED) is 0.731. The van der Waals surface area contributed by atoms with Crippen molar-refractivity contribution in [3.8, 4) is 0 Å². The van der Waals surface area contributed by atoms with Crippen LogP contribution in [0, 0.1) is 5.41 Å². The lowest BCUT2D eigenvalue weighted by atomic mass is 9.82. The monoisotopic (exact) mass is 323 g/mol. The van der Waals surface area contributed by atoms with Crippen molar-refractivity contribution < 1.29 is 14.7 Å². The van der Waals surface area contributed by atoms with Crippen molar-refractivity contribution in [2.24, 2.45) is 5.41 Å². The minimum atomic E-state index is -0.862. The molecule has 4 nitrogen and oxygen atoms in total. The first kappa shape index (κ1) is 18.6. The molecule has 1 aromatic carbocycles. The number of rotatable bonds is 9. The summed E-state index contributed by atoms with van der Waals surface area (Å²) in [5.74, 6) is -0.183. The summed E-state index contributed by atoms with van der Waals surface area (Å²) in [6.07, 6.45) is 1.01. The lowest BCUT2D eigenvalue weighted by Crippen LogP contribution is -2.44. The highest BCUT2D eigenvalue weighted by molar-refractivity contribution is 7.99. The molecule has 22 heavy (non-hydrogen) atoms. The van der Waals surface area contributed by atoms with Gasteiger partial charge in [-0.05, 0) is 25.3 Å². The Hall–Kier alpha value is -1.49. The molecule has 1 aromatic rings. The van der Waals surface area contributed by atoms with E-state index < -0.39 is 11.4 Å². The fraction of sp³-hybridized carbons (Fsp3) is 0.529. The Morgan fingerprint density at radius 3 is 2.32 bits per heavy atom. The number of carbonyl (C=O) groups excluding carboxylic acids is 1. The molecule has 1 atom stereocenters. The first-order chi connectivity index (χ1) is 10.4. The van der Waals surface area contributed by atoms with Gasteiger partial charge in [0.1, 0.15) is 0 Å². The van der Waals surface area contributed by atoms with Gasteiger partial charge in [0.25, 0.3) is 0 Å². The summed E-state index contributed by atoms with van der Waals surface area (Å²) in [7, 11) is 0. The summed E-state index contributed by atoms with van der Waals surface area (Å²) in [6, 6.07) is 9.97. The lowest BCUT2D eigenvalue weighted by Gasteiger charge is -2.27. The summed E-state index contributed by atoms with van der Waals surface area (Å²) >= 11 is 1.55. The second-order valence-corrected chi connectivity index (χ2v) is 6.78. The highest BCUT2D eigenvalue weighted by atomic mass is 32.2. The summed E-state index contributed by atoms with van der Waals surface area (Å²) in [5, 5.41) is 12.0. The second-order valence-electron chi connectivity index (χ2n) is 5.45. The Morgan fingerprint density at radius 2 is 1.82 bits per heavy atom. The van der Waals surface area contributed by atoms with Gasteiger partial charge < -0.3 is 10.4 Å². The molecule has 0 bridgehead atoms. The Kier molecular flexibility index (Phi) is 7.45. The van der Waals surface area contributed by atoms with Gasteiger partial charge in [0.15, 0.2) is 0 Å². The van der Waals surface area contributed by atoms with Gasteiger partial charge in [-0.3, -0.25) is 9.59 Å². The molecule has 2 N–H and O–H groups in total. The van der Waals surface area contributed by atoms with Gasteiger partial charge in [-0.15, -0.1) is 11.8 Å². The van der Waals surface area contributed by atoms with Crippen LogP contribution in [0.5, 0.6) is 0 Å². The van der Waals surface area contributed by atoms with Crippen LogP contribution >= 0.6 is 11.8 Å². The number of carboxylic acid groups (broad SMARTS) is 1. The predicted octanol–water partition coefficient (Wildman–Crippen LogP) is 3.32. The van der Waals surface area contributed by atoms with Crippen LogP contribution in [-0.2, 0) is 15.3 Å². The van der Waals surface area contributed by atoms with Crippen LogP contribution in [0.1, 0.15) is 39.2 Å². The van der Waals surface area contributed by atoms with Crippen LogP contribution in [0.15, 0.2) is 30.3 Å². The molecule has 0 radical (unpaired) electrons. The van der Waals surface area contributed by atoms with E-state index in [9.17, 15) is 14.7 Å². The topological polar surface area (TPSA) is 66.4 Å². The van der Waals surface area contributed by atoms with Crippen LogP contribution in [0.25, 0.3) is 0 Å². The van der Waals surface area contributed by atoms with Crippen LogP contribution in [0.4, 0.5) is 0 Å². The SMILES string of the molecule is CCC(CC)(CNC(=O)C(C)SCc1ccccc1)C(=O)O. The standard InChI is InChI=1S/C17H25NO3S/c1-4-17(5-2,16(20)21)12-18-15(19)13(3)22-11-14-9-7-6-8-10-14/h6-10,13H,4-5,11-12H2,1-3H3,(H,18,19)(H,20,21). The third-order valence-electron chi connectivity index (χ3n) is 4.12. The van der Waals surface area contributed by atoms with E-state index in [1.54, 1.807) is 11.8 Å². The van der Waals surface area contributed by atoms with Crippen molar-refractivity contribution in [1.29, 1.82) is 0 Å². The first-order valence-corrected chi connectivity index (χ1v) is 8.66. The van der Waals surface area contributed by atoms with Crippen molar-refractivity contribution in [3.05, 3.63) is 35.9 Å². The third kappa shape index (κ3) is 5.05. The molecule has 0 aliphatic carbocycles. The maximum absolute atomic E-state index is 12.1. The smallest absolute Gasteiger partial charge is 0.311 e. The number of carbonyl (C=O) groups is 2. The van der Waals surface area contributed by atoms with Crippen LogP contribution < -0.4 is 5.32 Å². The number of amides is 1. The van der Waals surface area contributed by atoms with Gasteiger partial charge in [-0.25, -0.2) is 0 Å². The van der Waals surface area contributed by atoms with Gasteiger partial charge in [0, 0.05) is 12.3 Å². The number of nitrogens with one attached hydrogen (secondary N) is 1. The maximum atomic E-state index is 12.1. The van der Waals surface area contributed by atoms with Crippen molar-refractivity contribution in [2.45, 2.75) is 44.6 Å². The first-order valence-electron chi connectivity index (χ1n) is 7.61. The second kappa shape index (κ2) is 8.83. The molecule has 0 heterocycles. The number of thioether (sulfide) groups is 1. The highest BCUT2D eigenvalue weighted by Crippen LogP contribution is 2.26. The molecular weight excluding hydrogens is 298 g/mol. The largest absolute Gasteiger partial charge is 0.481 e. The zero-order valence-corrected chi connectivity index (χ0v) is 14.3. The summed E-state index contributed by atoms with van der Waals surface area (Å²) in [4.78, 5) is 23.6. The number of carboxylic acids is 1. The van der Waals surface area contributed by atoms with E-state index in [-0.39, 0.29) is 17.7 Å². The van der Waals surface area contributed by atoms with E-state index in [1.165, 1.54) is 5.56 Å². The van der Waals surface area contributed by atoms with Crippen molar-refractivity contribution in [3.63, 3.8) is 0 Å². The van der Waals surface area contributed by atoms with Gasteiger partial charge in [-0.1, -0.05) is 44.2 Å². The van der Waals surface area contributed by atoms with E-state index in [4.69, 9.17) is 0 Å². The van der Waals surface area contributed by atoms with Gasteiger partial charge >= 0.3 is 5.97 Å². The number of benzene rings is 1. The van der Waals surface area contributed by atoms with Crippen molar-refractivity contribution >= 4 is 23.6 Å². The zero-order chi connectivity index (χ0) is 16.6. The van der Waals surface area contributed by atoms with E-state index in [1.807, 2.05) is 51.1 Å². The fourth-order valence-electron chi connectivity index (χ4n) is 2.15. The Balaban J connectivity index is 2.48. The van der Waals surface area contributed by atoms with Gasteiger partial charge in [0.2, 0.25) is 5.91 Å². The molecule has 0 aromatic heterocycles. The molecule has 0 aliphatic rings. The molecule has 1 unspecified atom stereocenters. The zero-order valence-electron chi connectivity index (χ0n) is 13.5. The number of hydrogen-bond acceptors (Lipinski definition) is 3. The molecule has 0 saturated carbocycles. The average Bonchev–Trinajstić information content (AvgIpc) is 2.54. The average molecular weight is 323 g/mol. The Labute approximate surface area is 136 Å². The van der Waals surface area contributed by atoms with Crippen LogP contribution in [-0.4, -0.2) is 28.8 Å². The normalized spacial score (nSPS) is 12.7. The van der Waals surface area contributed by atoms with E-state index >= 15 is 0 Å². The molecule has 0 aliphatic heterocycles. The molecule has 122 valence electrons. The van der Waals surface area contributed by atoms with E-state index in [0.717, 1.165) is 5.75 Å². The van der Waals surface area contributed by atoms with E-state index in [2.05, 4.69) is 5.32 Å². The minimum Gasteiger partial charge on any atom is -0.481 e. The lowest BCUT2D eigenvalue weighted by molar-refractivity contribution is -0.149. The Morgan fingerprint density at radius 1 is 1.23 bits per heavy atom. The Bertz CT molecular complexity index is 486. The van der Waals surface area contributed by atoms with Crippen molar-refractivity contribution in [2.75, 3.05) is 6.54 Å². The van der Waals surface area contributed by atoms with Crippen molar-refractivity contribution in [1.82, 2.24) is 5.32 Å². The van der Waals surface area contributed by atoms with Gasteiger partial charge in [0.05, 0.1) is 10.7 Å². The molecule has 5 heteroatoms. The molecular formula is C17H25NO3S. The molecule has 1 rings (SSSR count). The highest BCUT2D eigenvalue weighted by Gasteiger charge is 2.35. The summed E-state index contributed by atoms with van der Waals surface area (Å²) in [5.41, 5.74) is 0.314. The molecule has 0 saturated heterocycles. The number of hydrogen-bond donors (Lipinski definition) is 2. The van der Waals surface area contributed by atoms with Crippen LogP contribution in [0.3, 0.4) is 0 Å². The van der Waals surface area contributed by atoms with Gasteiger partial charge in [-0.2, -0.15) is 0 Å². The summed E-state index contributed by atoms with van der Waals surface area (Å²) < 4.78 is 0. The minimum absolute atomic E-state index is 0.103. The third-order valence-corrected chi connectivity index (χ3v) is 5.33. The maximum Gasteiger partial charge on any atom is 0.311 e. The van der Waals surface area contributed by atoms with E-state index in [0.29, 0.717) is 12.8 Å². The number of aliphatic carboxylic acids is 1. The predicted molar refractivity (Wildman–Crippen MR) is 90.9 cm³/mol. The fourth-order valence-corrected chi connectivity index (χ4v) is 3.02. The molecule has 0 fully saturated rings.